The zero-order chi connectivity index (χ0) is 10.7. The summed E-state index contributed by atoms with van der Waals surface area (Å²) in [7, 11) is 2.02. The fourth-order valence-corrected chi connectivity index (χ4v) is 1.63. The molecule has 78 valence electrons. The van der Waals surface area contributed by atoms with Crippen LogP contribution in [0.15, 0.2) is 41.1 Å². The molecule has 2 aromatic heterocycles. The highest BCUT2D eigenvalue weighted by Crippen LogP contribution is 2.14. The number of pyridine rings is 1. The fourth-order valence-electron chi connectivity index (χ4n) is 1.40. The van der Waals surface area contributed by atoms with Crippen molar-refractivity contribution < 1.29 is 0 Å². The Morgan fingerprint density at radius 3 is 2.87 bits per heavy atom. The van der Waals surface area contributed by atoms with Gasteiger partial charge < -0.3 is 9.88 Å². The fraction of sp³-hybridized carbons (Fsp3) is 0.182. The van der Waals surface area contributed by atoms with Gasteiger partial charge in [-0.25, -0.2) is 4.98 Å². The summed E-state index contributed by atoms with van der Waals surface area (Å²) >= 11 is 3.37. The number of nitrogens with zero attached hydrogens (tertiary/aromatic N) is 2. The van der Waals surface area contributed by atoms with Gasteiger partial charge in [0.05, 0.1) is 6.54 Å². The third-order valence-electron chi connectivity index (χ3n) is 2.17. The van der Waals surface area contributed by atoms with Crippen LogP contribution in [0.25, 0.3) is 0 Å². The van der Waals surface area contributed by atoms with E-state index in [1.54, 1.807) is 6.20 Å². The number of anilines is 1. The molecule has 15 heavy (non-hydrogen) atoms. The summed E-state index contributed by atoms with van der Waals surface area (Å²) in [4.78, 5) is 9.59. The van der Waals surface area contributed by atoms with Crippen molar-refractivity contribution in [2.45, 2.75) is 6.54 Å². The molecule has 2 rings (SSSR count). The molecule has 0 radical (unpaired) electrons. The molecule has 0 aliphatic carbocycles. The van der Waals surface area contributed by atoms with E-state index in [1.165, 1.54) is 5.69 Å². The minimum atomic E-state index is 0.835. The molecule has 2 aromatic rings. The van der Waals surface area contributed by atoms with Gasteiger partial charge in [-0.1, -0.05) is 0 Å². The van der Waals surface area contributed by atoms with E-state index in [0.717, 1.165) is 16.8 Å². The second kappa shape index (κ2) is 4.49. The van der Waals surface area contributed by atoms with Gasteiger partial charge in [0, 0.05) is 29.6 Å². The van der Waals surface area contributed by atoms with Crippen LogP contribution >= 0.6 is 15.9 Å². The summed E-state index contributed by atoms with van der Waals surface area (Å²) < 4.78 is 1.000. The number of nitrogens with one attached hydrogen (secondary N) is 1. The minimum absolute atomic E-state index is 0.835. The standard InChI is InChI=1S/C11H12BrN3/c1-15(8-10-3-2-6-13-10)11-5-4-9(12)7-14-11/h2-7,13H,8H2,1H3. The van der Waals surface area contributed by atoms with Gasteiger partial charge in [0.15, 0.2) is 0 Å². The largest absolute Gasteiger partial charge is 0.364 e. The summed E-state index contributed by atoms with van der Waals surface area (Å²) in [5.41, 5.74) is 1.18. The molecule has 0 spiro atoms. The van der Waals surface area contributed by atoms with E-state index in [-0.39, 0.29) is 0 Å². The first kappa shape index (κ1) is 10.2. The van der Waals surface area contributed by atoms with E-state index >= 15 is 0 Å². The summed E-state index contributed by atoms with van der Waals surface area (Å²) in [5, 5.41) is 0. The van der Waals surface area contributed by atoms with Gasteiger partial charge in [0.2, 0.25) is 0 Å². The van der Waals surface area contributed by atoms with Gasteiger partial charge in [-0.15, -0.1) is 0 Å². The van der Waals surface area contributed by atoms with Gasteiger partial charge in [0.25, 0.3) is 0 Å². The van der Waals surface area contributed by atoms with E-state index in [0.29, 0.717) is 0 Å². The highest BCUT2D eigenvalue weighted by Gasteiger charge is 2.03. The third-order valence-corrected chi connectivity index (χ3v) is 2.64. The Balaban J connectivity index is 2.08. The van der Waals surface area contributed by atoms with E-state index in [2.05, 4.69) is 36.9 Å². The Morgan fingerprint density at radius 2 is 2.27 bits per heavy atom. The SMILES string of the molecule is CN(Cc1ccc[nH]1)c1ccc(Br)cn1. The molecule has 0 amide bonds. The van der Waals surface area contributed by atoms with Crippen molar-refractivity contribution >= 4 is 21.7 Å². The molecule has 3 nitrogen and oxygen atoms in total. The van der Waals surface area contributed by atoms with E-state index in [1.807, 2.05) is 31.4 Å². The van der Waals surface area contributed by atoms with Crippen LogP contribution in [0.5, 0.6) is 0 Å². The lowest BCUT2D eigenvalue weighted by atomic mass is 10.4. The van der Waals surface area contributed by atoms with E-state index < -0.39 is 0 Å². The second-order valence-corrected chi connectivity index (χ2v) is 4.30. The average molecular weight is 266 g/mol. The predicted molar refractivity (Wildman–Crippen MR) is 64.8 cm³/mol. The highest BCUT2D eigenvalue weighted by molar-refractivity contribution is 9.10. The van der Waals surface area contributed by atoms with Gasteiger partial charge in [-0.3, -0.25) is 0 Å². The number of rotatable bonds is 3. The molecular formula is C11H12BrN3. The van der Waals surface area contributed by atoms with Gasteiger partial charge in [0.1, 0.15) is 5.82 Å². The Hall–Kier alpha value is -1.29. The summed E-state index contributed by atoms with van der Waals surface area (Å²) in [5.74, 6) is 0.966. The normalized spacial score (nSPS) is 10.3. The molecule has 0 fully saturated rings. The molecular weight excluding hydrogens is 254 g/mol. The Labute approximate surface area is 97.3 Å². The number of hydrogen-bond acceptors (Lipinski definition) is 2. The lowest BCUT2D eigenvalue weighted by Crippen LogP contribution is -2.17. The first-order valence-electron chi connectivity index (χ1n) is 4.70. The monoisotopic (exact) mass is 265 g/mol. The maximum Gasteiger partial charge on any atom is 0.128 e. The number of aromatic amines is 1. The topological polar surface area (TPSA) is 31.9 Å². The number of H-pyrrole nitrogens is 1. The summed E-state index contributed by atoms with van der Waals surface area (Å²) in [6, 6.07) is 8.05. The lowest BCUT2D eigenvalue weighted by molar-refractivity contribution is 0.873. The van der Waals surface area contributed by atoms with E-state index in [9.17, 15) is 0 Å². The van der Waals surface area contributed by atoms with Crippen LogP contribution in [0.1, 0.15) is 5.69 Å². The smallest absolute Gasteiger partial charge is 0.128 e. The van der Waals surface area contributed by atoms with Gasteiger partial charge in [-0.05, 0) is 40.2 Å². The van der Waals surface area contributed by atoms with Crippen LogP contribution in [0.4, 0.5) is 5.82 Å². The summed E-state index contributed by atoms with van der Waals surface area (Å²) in [6.07, 6.45) is 3.73. The van der Waals surface area contributed by atoms with Crippen molar-refractivity contribution in [2.75, 3.05) is 11.9 Å². The van der Waals surface area contributed by atoms with Crippen LogP contribution in [-0.2, 0) is 6.54 Å². The quantitative estimate of drug-likeness (QED) is 0.926. The van der Waals surface area contributed by atoms with Crippen LogP contribution in [0.3, 0.4) is 0 Å². The van der Waals surface area contributed by atoms with Crippen LogP contribution in [0.2, 0.25) is 0 Å². The van der Waals surface area contributed by atoms with Crippen molar-refractivity contribution in [1.29, 1.82) is 0 Å². The first-order chi connectivity index (χ1) is 7.25. The zero-order valence-electron chi connectivity index (χ0n) is 8.44. The van der Waals surface area contributed by atoms with Crippen molar-refractivity contribution in [2.24, 2.45) is 0 Å². The van der Waals surface area contributed by atoms with Crippen LogP contribution < -0.4 is 4.90 Å². The molecule has 0 saturated heterocycles. The van der Waals surface area contributed by atoms with Crippen molar-refractivity contribution in [3.63, 3.8) is 0 Å². The average Bonchev–Trinajstić information content (AvgIpc) is 2.71. The number of aromatic nitrogens is 2. The molecule has 2 heterocycles. The second-order valence-electron chi connectivity index (χ2n) is 3.39. The predicted octanol–water partition coefficient (Wildman–Crippen LogP) is 2.81. The lowest BCUT2D eigenvalue weighted by Gasteiger charge is -2.16. The molecule has 0 aromatic carbocycles. The molecule has 0 aliphatic heterocycles. The van der Waals surface area contributed by atoms with Crippen molar-refractivity contribution in [3.05, 3.63) is 46.8 Å². The Bertz CT molecular complexity index is 408. The molecule has 0 bridgehead atoms. The minimum Gasteiger partial charge on any atom is -0.364 e. The van der Waals surface area contributed by atoms with Gasteiger partial charge in [-0.2, -0.15) is 0 Å². The highest BCUT2D eigenvalue weighted by atomic mass is 79.9. The van der Waals surface area contributed by atoms with Gasteiger partial charge >= 0.3 is 0 Å². The molecule has 0 atom stereocenters. The van der Waals surface area contributed by atoms with Crippen molar-refractivity contribution in [1.82, 2.24) is 9.97 Å². The van der Waals surface area contributed by atoms with E-state index in [4.69, 9.17) is 0 Å². The van der Waals surface area contributed by atoms with Crippen LogP contribution in [-0.4, -0.2) is 17.0 Å². The zero-order valence-corrected chi connectivity index (χ0v) is 10.0. The Morgan fingerprint density at radius 1 is 1.40 bits per heavy atom. The molecule has 4 heteroatoms. The molecule has 0 saturated carbocycles. The Kier molecular flexibility index (Phi) is 3.06. The number of hydrogen-bond donors (Lipinski definition) is 1. The van der Waals surface area contributed by atoms with Crippen molar-refractivity contribution in [3.8, 4) is 0 Å². The maximum atomic E-state index is 4.32. The molecule has 1 N–H and O–H groups in total. The molecule has 0 aliphatic rings. The van der Waals surface area contributed by atoms with Crippen LogP contribution in [0, 0.1) is 0 Å². The number of halogens is 1. The summed E-state index contributed by atoms with van der Waals surface area (Å²) in [6.45, 7) is 0.835. The maximum absolute atomic E-state index is 4.32. The molecule has 0 unspecified atom stereocenters. The third kappa shape index (κ3) is 2.59. The first-order valence-corrected chi connectivity index (χ1v) is 5.50.